The lowest BCUT2D eigenvalue weighted by atomic mass is 9.93. The number of nitrogens with zero attached hydrogens (tertiary/aromatic N) is 1. The Morgan fingerprint density at radius 2 is 1.68 bits per heavy atom. The molecule has 0 spiro atoms. The first-order valence-corrected chi connectivity index (χ1v) is 8.97. The highest BCUT2D eigenvalue weighted by Gasteiger charge is 2.40. The number of phenolic OH excluding ortho intramolecular Hbond substituents is 1. The van der Waals surface area contributed by atoms with Crippen molar-refractivity contribution in [2.24, 2.45) is 0 Å². The predicted molar refractivity (Wildman–Crippen MR) is 106 cm³/mol. The smallest absolute Gasteiger partial charge is 0.265 e. The van der Waals surface area contributed by atoms with Crippen LogP contribution >= 0.6 is 0 Å². The molecule has 0 bridgehead atoms. The second kappa shape index (κ2) is 7.19. The minimum absolute atomic E-state index is 0.179. The van der Waals surface area contributed by atoms with Crippen LogP contribution in [0.25, 0.3) is 0 Å². The number of para-hydroxylation sites is 1. The number of carbonyl (C=O) groups excluding carboxylic acids is 2. The Balaban J connectivity index is 1.67. The van der Waals surface area contributed by atoms with Gasteiger partial charge < -0.3 is 9.84 Å². The van der Waals surface area contributed by atoms with Crippen LogP contribution in [0.3, 0.4) is 0 Å². The molecule has 0 aliphatic carbocycles. The number of benzene rings is 3. The summed E-state index contributed by atoms with van der Waals surface area (Å²) in [5.41, 5.74) is 2.80. The summed E-state index contributed by atoms with van der Waals surface area (Å²) >= 11 is 0. The van der Waals surface area contributed by atoms with Crippen LogP contribution in [0.15, 0.2) is 72.8 Å². The molecule has 5 heteroatoms. The zero-order chi connectivity index (χ0) is 19.7. The maximum Gasteiger partial charge on any atom is 0.265 e. The van der Waals surface area contributed by atoms with Crippen molar-refractivity contribution in [3.05, 3.63) is 89.5 Å². The lowest BCUT2D eigenvalue weighted by molar-refractivity contribution is -0.118. The molecule has 1 unspecified atom stereocenters. The molecule has 140 valence electrons. The first-order valence-electron chi connectivity index (χ1n) is 8.97. The highest BCUT2D eigenvalue weighted by molar-refractivity contribution is 6.25. The van der Waals surface area contributed by atoms with Crippen molar-refractivity contribution in [3.8, 4) is 11.5 Å². The van der Waals surface area contributed by atoms with E-state index in [0.717, 1.165) is 11.1 Å². The molecule has 0 fully saturated rings. The zero-order valence-corrected chi connectivity index (χ0v) is 15.3. The highest BCUT2D eigenvalue weighted by Crippen LogP contribution is 2.40. The van der Waals surface area contributed by atoms with Crippen molar-refractivity contribution in [1.82, 2.24) is 0 Å². The maximum atomic E-state index is 13.2. The average Bonchev–Trinajstić information content (AvgIpc) is 3.01. The Morgan fingerprint density at radius 1 is 1.00 bits per heavy atom. The normalized spacial score (nSPS) is 15.4. The van der Waals surface area contributed by atoms with Crippen LogP contribution in [0.5, 0.6) is 11.5 Å². The third-order valence-corrected chi connectivity index (χ3v) is 4.99. The van der Waals surface area contributed by atoms with E-state index >= 15 is 0 Å². The number of rotatable bonds is 4. The van der Waals surface area contributed by atoms with E-state index in [2.05, 4.69) is 0 Å². The van der Waals surface area contributed by atoms with E-state index < -0.39 is 5.92 Å². The summed E-state index contributed by atoms with van der Waals surface area (Å²) in [5, 5.41) is 9.48. The van der Waals surface area contributed by atoms with Gasteiger partial charge in [0.25, 0.3) is 5.91 Å². The summed E-state index contributed by atoms with van der Waals surface area (Å²) in [6, 6.07) is 20.9. The van der Waals surface area contributed by atoms with Gasteiger partial charge in [-0.3, -0.25) is 9.59 Å². The number of fused-ring (bicyclic) bond motifs is 1. The Kier molecular flexibility index (Phi) is 4.57. The molecular formula is C23H19NO4. The molecule has 3 aromatic carbocycles. The number of hydrogen-bond acceptors (Lipinski definition) is 4. The number of hydrogen-bond donors (Lipinski definition) is 1. The van der Waals surface area contributed by atoms with E-state index in [9.17, 15) is 14.7 Å². The molecule has 2 amide bonds. The SMILES string of the molecule is COc1ccc(C(=O)N2C(=O)C(Cc3ccc(O)cc3)c3ccccc32)cc1. The number of amides is 2. The average molecular weight is 373 g/mol. The van der Waals surface area contributed by atoms with Crippen molar-refractivity contribution < 1.29 is 19.4 Å². The van der Waals surface area contributed by atoms with Crippen molar-refractivity contribution in [3.63, 3.8) is 0 Å². The third kappa shape index (κ3) is 3.11. The van der Waals surface area contributed by atoms with Gasteiger partial charge >= 0.3 is 0 Å². The topological polar surface area (TPSA) is 66.8 Å². The van der Waals surface area contributed by atoms with Gasteiger partial charge in [0, 0.05) is 5.56 Å². The van der Waals surface area contributed by atoms with Crippen molar-refractivity contribution in [2.45, 2.75) is 12.3 Å². The molecule has 0 saturated carbocycles. The minimum Gasteiger partial charge on any atom is -0.508 e. The van der Waals surface area contributed by atoms with Crippen LogP contribution < -0.4 is 9.64 Å². The fraction of sp³-hybridized carbons (Fsp3) is 0.130. The van der Waals surface area contributed by atoms with E-state index in [1.807, 2.05) is 18.2 Å². The fourth-order valence-corrected chi connectivity index (χ4v) is 3.53. The largest absolute Gasteiger partial charge is 0.508 e. The van der Waals surface area contributed by atoms with Gasteiger partial charge in [0.15, 0.2) is 0 Å². The van der Waals surface area contributed by atoms with Gasteiger partial charge in [-0.1, -0.05) is 30.3 Å². The van der Waals surface area contributed by atoms with Gasteiger partial charge in [-0.15, -0.1) is 0 Å². The molecule has 1 aliphatic heterocycles. The van der Waals surface area contributed by atoms with Gasteiger partial charge in [0.05, 0.1) is 18.7 Å². The molecule has 1 atom stereocenters. The number of methoxy groups -OCH3 is 1. The number of ether oxygens (including phenoxy) is 1. The number of phenols is 1. The van der Waals surface area contributed by atoms with E-state index in [1.165, 1.54) is 4.90 Å². The first-order chi connectivity index (χ1) is 13.6. The molecule has 4 rings (SSSR count). The van der Waals surface area contributed by atoms with E-state index in [0.29, 0.717) is 23.4 Å². The monoisotopic (exact) mass is 373 g/mol. The summed E-state index contributed by atoms with van der Waals surface area (Å²) in [5.74, 6) is -0.209. The van der Waals surface area contributed by atoms with Crippen LogP contribution in [-0.2, 0) is 11.2 Å². The number of imide groups is 1. The molecular weight excluding hydrogens is 354 g/mol. The fourth-order valence-electron chi connectivity index (χ4n) is 3.53. The summed E-state index contributed by atoms with van der Waals surface area (Å²) in [7, 11) is 1.56. The van der Waals surface area contributed by atoms with Crippen LogP contribution in [-0.4, -0.2) is 24.0 Å². The third-order valence-electron chi connectivity index (χ3n) is 4.99. The molecule has 3 aromatic rings. The predicted octanol–water partition coefficient (Wildman–Crippen LogP) is 3.91. The second-order valence-electron chi connectivity index (χ2n) is 6.69. The summed E-state index contributed by atoms with van der Waals surface area (Å²) in [6.07, 6.45) is 0.461. The zero-order valence-electron chi connectivity index (χ0n) is 15.3. The summed E-state index contributed by atoms with van der Waals surface area (Å²) < 4.78 is 5.13. The molecule has 0 radical (unpaired) electrons. The molecule has 0 saturated heterocycles. The van der Waals surface area contributed by atoms with Crippen molar-refractivity contribution in [1.29, 1.82) is 0 Å². The van der Waals surface area contributed by atoms with Gasteiger partial charge in [-0.05, 0) is 60.0 Å². The van der Waals surface area contributed by atoms with Gasteiger partial charge in [-0.2, -0.15) is 0 Å². The van der Waals surface area contributed by atoms with E-state index in [4.69, 9.17) is 4.74 Å². The van der Waals surface area contributed by atoms with Crippen molar-refractivity contribution >= 4 is 17.5 Å². The quantitative estimate of drug-likeness (QED) is 0.704. The molecule has 1 heterocycles. The Bertz CT molecular complexity index is 1030. The van der Waals surface area contributed by atoms with Gasteiger partial charge in [0.2, 0.25) is 5.91 Å². The van der Waals surface area contributed by atoms with Crippen molar-refractivity contribution in [2.75, 3.05) is 12.0 Å². The van der Waals surface area contributed by atoms with E-state index in [-0.39, 0.29) is 17.6 Å². The van der Waals surface area contributed by atoms with Crippen LogP contribution in [0.1, 0.15) is 27.4 Å². The summed E-state index contributed by atoms with van der Waals surface area (Å²) in [6.45, 7) is 0. The number of carbonyl (C=O) groups is 2. The minimum atomic E-state index is -0.442. The van der Waals surface area contributed by atoms with Crippen LogP contribution in [0.4, 0.5) is 5.69 Å². The first kappa shape index (κ1) is 17.8. The number of anilines is 1. The molecule has 1 aliphatic rings. The molecule has 5 nitrogen and oxygen atoms in total. The summed E-state index contributed by atoms with van der Waals surface area (Å²) in [4.78, 5) is 27.6. The lowest BCUT2D eigenvalue weighted by Gasteiger charge is -2.16. The second-order valence-corrected chi connectivity index (χ2v) is 6.69. The molecule has 1 N–H and O–H groups in total. The highest BCUT2D eigenvalue weighted by atomic mass is 16.5. The Morgan fingerprint density at radius 3 is 2.36 bits per heavy atom. The standard InChI is InChI=1S/C23H19NO4/c1-28-18-12-8-16(9-13-18)22(26)24-21-5-3-2-4-19(21)20(23(24)27)14-15-6-10-17(25)11-7-15/h2-13,20,25H,14H2,1H3. The Hall–Kier alpha value is -3.60. The van der Waals surface area contributed by atoms with Gasteiger partial charge in [-0.25, -0.2) is 4.90 Å². The Labute approximate surface area is 162 Å². The molecule has 0 aromatic heterocycles. The van der Waals surface area contributed by atoms with Crippen LogP contribution in [0.2, 0.25) is 0 Å². The molecule has 28 heavy (non-hydrogen) atoms. The van der Waals surface area contributed by atoms with Crippen LogP contribution in [0, 0.1) is 0 Å². The maximum absolute atomic E-state index is 13.2. The lowest BCUT2D eigenvalue weighted by Crippen LogP contribution is -2.35. The van der Waals surface area contributed by atoms with Gasteiger partial charge in [0.1, 0.15) is 11.5 Å². The number of aromatic hydroxyl groups is 1. The van der Waals surface area contributed by atoms with E-state index in [1.54, 1.807) is 61.7 Å².